The number of sulfonamides is 1. The van der Waals surface area contributed by atoms with Gasteiger partial charge in [0.05, 0.1) is 9.82 Å². The molecule has 0 spiro atoms. The Morgan fingerprint density at radius 3 is 2.56 bits per heavy atom. The van der Waals surface area contributed by atoms with Crippen LogP contribution in [0.2, 0.25) is 0 Å². The smallest absolute Gasteiger partial charge is 0.312 e. The van der Waals surface area contributed by atoms with Crippen LogP contribution in [-0.2, 0) is 10.0 Å². The van der Waals surface area contributed by atoms with Gasteiger partial charge in [-0.05, 0) is 25.0 Å². The molecule has 1 saturated carbocycles. The van der Waals surface area contributed by atoms with Gasteiger partial charge in [-0.1, -0.05) is 6.42 Å². The van der Waals surface area contributed by atoms with Crippen LogP contribution in [0.25, 0.3) is 0 Å². The summed E-state index contributed by atoms with van der Waals surface area (Å²) in [6.45, 7) is 0. The second-order valence-corrected chi connectivity index (χ2v) is 5.87. The zero-order chi connectivity index (χ0) is 13.3. The van der Waals surface area contributed by atoms with E-state index in [1.54, 1.807) is 0 Å². The van der Waals surface area contributed by atoms with Crippen molar-refractivity contribution in [2.24, 2.45) is 0 Å². The van der Waals surface area contributed by atoms with Crippen molar-refractivity contribution in [3.05, 3.63) is 28.3 Å². The molecule has 0 aromatic heterocycles. The molecule has 2 N–H and O–H groups in total. The largest absolute Gasteiger partial charge is 0.502 e. The number of hydrogen-bond acceptors (Lipinski definition) is 5. The molecule has 0 atom stereocenters. The van der Waals surface area contributed by atoms with E-state index in [1.165, 1.54) is 0 Å². The summed E-state index contributed by atoms with van der Waals surface area (Å²) in [5, 5.41) is 19.9. The lowest BCUT2D eigenvalue weighted by Crippen LogP contribution is -2.39. The maximum absolute atomic E-state index is 11.9. The highest BCUT2D eigenvalue weighted by Gasteiger charge is 2.26. The second kappa shape index (κ2) is 4.54. The maximum atomic E-state index is 11.9. The molecule has 7 nitrogen and oxygen atoms in total. The van der Waals surface area contributed by atoms with Crippen LogP contribution in [0.1, 0.15) is 19.3 Å². The van der Waals surface area contributed by atoms with Gasteiger partial charge in [0.25, 0.3) is 0 Å². The van der Waals surface area contributed by atoms with Gasteiger partial charge in [0.15, 0.2) is 5.75 Å². The fourth-order valence-electron chi connectivity index (χ4n) is 1.63. The van der Waals surface area contributed by atoms with Crippen molar-refractivity contribution in [3.8, 4) is 5.75 Å². The number of aromatic hydroxyl groups is 1. The zero-order valence-electron chi connectivity index (χ0n) is 9.37. The van der Waals surface area contributed by atoms with E-state index in [0.29, 0.717) is 0 Å². The number of nitrogens with one attached hydrogen (secondary N) is 1. The van der Waals surface area contributed by atoms with Gasteiger partial charge < -0.3 is 5.11 Å². The number of phenolic OH excluding ortho intramolecular Hbond substituents is 1. The number of benzene rings is 1. The van der Waals surface area contributed by atoms with Crippen LogP contribution < -0.4 is 4.72 Å². The molecule has 0 amide bonds. The van der Waals surface area contributed by atoms with Crippen molar-refractivity contribution in [1.29, 1.82) is 0 Å². The van der Waals surface area contributed by atoms with Crippen LogP contribution in [0.15, 0.2) is 23.1 Å². The first-order chi connectivity index (χ1) is 8.40. The summed E-state index contributed by atoms with van der Waals surface area (Å²) in [7, 11) is -3.76. The third kappa shape index (κ3) is 2.44. The van der Waals surface area contributed by atoms with Crippen LogP contribution in [-0.4, -0.2) is 24.5 Å². The SMILES string of the molecule is O=[N+]([O-])c1cc(S(=O)(=O)NC2CCC2)ccc1O. The lowest BCUT2D eigenvalue weighted by atomic mass is 9.94. The molecular weight excluding hydrogens is 260 g/mol. The summed E-state index contributed by atoms with van der Waals surface area (Å²) in [6, 6.07) is 2.91. The third-order valence-electron chi connectivity index (χ3n) is 2.88. The fraction of sp³-hybridized carbons (Fsp3) is 0.400. The Hall–Kier alpha value is -1.67. The van der Waals surface area contributed by atoms with Crippen molar-refractivity contribution in [1.82, 2.24) is 4.72 Å². The van der Waals surface area contributed by atoms with Gasteiger partial charge in [0, 0.05) is 12.1 Å². The van der Waals surface area contributed by atoms with E-state index in [9.17, 15) is 23.6 Å². The van der Waals surface area contributed by atoms with E-state index in [4.69, 9.17) is 0 Å². The number of nitro benzene ring substituents is 1. The van der Waals surface area contributed by atoms with Crippen molar-refractivity contribution < 1.29 is 18.4 Å². The topological polar surface area (TPSA) is 110 Å². The number of nitro groups is 1. The first kappa shape index (κ1) is 12.8. The van der Waals surface area contributed by atoms with Crippen LogP contribution in [0.3, 0.4) is 0 Å². The molecule has 2 rings (SSSR count). The minimum Gasteiger partial charge on any atom is -0.502 e. The van der Waals surface area contributed by atoms with Crippen LogP contribution in [0, 0.1) is 10.1 Å². The predicted molar refractivity (Wildman–Crippen MR) is 62.7 cm³/mol. The van der Waals surface area contributed by atoms with Gasteiger partial charge in [0.2, 0.25) is 10.0 Å². The van der Waals surface area contributed by atoms with Gasteiger partial charge in [-0.3, -0.25) is 10.1 Å². The van der Waals surface area contributed by atoms with Gasteiger partial charge in [0.1, 0.15) is 0 Å². The van der Waals surface area contributed by atoms with E-state index in [1.807, 2.05) is 0 Å². The Bertz CT molecular complexity index is 580. The molecule has 8 heteroatoms. The van der Waals surface area contributed by atoms with E-state index in [-0.39, 0.29) is 10.9 Å². The van der Waals surface area contributed by atoms with Crippen molar-refractivity contribution in [2.75, 3.05) is 0 Å². The monoisotopic (exact) mass is 272 g/mol. The van der Waals surface area contributed by atoms with Crippen molar-refractivity contribution in [2.45, 2.75) is 30.2 Å². The summed E-state index contributed by atoms with van der Waals surface area (Å²) in [5.41, 5.74) is -0.619. The van der Waals surface area contributed by atoms with E-state index >= 15 is 0 Å². The minimum atomic E-state index is -3.76. The lowest BCUT2D eigenvalue weighted by Gasteiger charge is -2.25. The Morgan fingerprint density at radius 1 is 1.39 bits per heavy atom. The molecular formula is C10H12N2O5S. The van der Waals surface area contributed by atoms with Crippen molar-refractivity contribution >= 4 is 15.7 Å². The minimum absolute atomic E-state index is 0.0946. The first-order valence-corrected chi connectivity index (χ1v) is 6.88. The van der Waals surface area contributed by atoms with E-state index in [2.05, 4.69) is 4.72 Å². The van der Waals surface area contributed by atoms with Gasteiger partial charge >= 0.3 is 5.69 Å². The fourth-order valence-corrected chi connectivity index (χ4v) is 2.95. The number of hydrogen-bond donors (Lipinski definition) is 2. The molecule has 0 heterocycles. The highest BCUT2D eigenvalue weighted by atomic mass is 32.2. The molecule has 1 aromatic rings. The van der Waals surface area contributed by atoms with E-state index in [0.717, 1.165) is 37.5 Å². The molecule has 0 aliphatic heterocycles. The average Bonchev–Trinajstić information content (AvgIpc) is 2.23. The van der Waals surface area contributed by atoms with Gasteiger partial charge in [-0.25, -0.2) is 13.1 Å². The Labute approximate surface area is 104 Å². The first-order valence-electron chi connectivity index (χ1n) is 5.40. The van der Waals surface area contributed by atoms with Crippen LogP contribution in [0.4, 0.5) is 5.69 Å². The average molecular weight is 272 g/mol. The Balaban J connectivity index is 2.32. The summed E-state index contributed by atoms with van der Waals surface area (Å²) in [6.07, 6.45) is 2.53. The lowest BCUT2D eigenvalue weighted by molar-refractivity contribution is -0.386. The van der Waals surface area contributed by atoms with Crippen LogP contribution in [0.5, 0.6) is 5.75 Å². The third-order valence-corrected chi connectivity index (χ3v) is 4.40. The Kier molecular flexibility index (Phi) is 3.22. The highest BCUT2D eigenvalue weighted by molar-refractivity contribution is 7.89. The second-order valence-electron chi connectivity index (χ2n) is 4.16. The molecule has 1 aliphatic rings. The van der Waals surface area contributed by atoms with Crippen molar-refractivity contribution in [3.63, 3.8) is 0 Å². The number of nitrogens with zero attached hydrogens (tertiary/aromatic N) is 1. The van der Waals surface area contributed by atoms with Gasteiger partial charge in [-0.15, -0.1) is 0 Å². The number of phenols is 1. The Morgan fingerprint density at radius 2 is 2.06 bits per heavy atom. The molecule has 0 unspecified atom stereocenters. The van der Waals surface area contributed by atoms with Crippen LogP contribution >= 0.6 is 0 Å². The maximum Gasteiger partial charge on any atom is 0.312 e. The molecule has 1 aromatic carbocycles. The normalized spacial score (nSPS) is 16.2. The molecule has 98 valence electrons. The predicted octanol–water partition coefficient (Wildman–Crippen LogP) is 1.13. The standard InChI is InChI=1S/C10H12N2O5S/c13-10-5-4-8(6-9(10)12(14)15)18(16,17)11-7-2-1-3-7/h4-7,11,13H,1-3H2. The molecule has 1 fully saturated rings. The summed E-state index contributed by atoms with van der Waals surface area (Å²) < 4.78 is 26.3. The summed E-state index contributed by atoms with van der Waals surface area (Å²) >= 11 is 0. The van der Waals surface area contributed by atoms with Gasteiger partial charge in [-0.2, -0.15) is 0 Å². The zero-order valence-corrected chi connectivity index (χ0v) is 10.2. The summed E-state index contributed by atoms with van der Waals surface area (Å²) in [5.74, 6) is -0.553. The molecule has 0 radical (unpaired) electrons. The molecule has 18 heavy (non-hydrogen) atoms. The molecule has 0 bridgehead atoms. The highest BCUT2D eigenvalue weighted by Crippen LogP contribution is 2.29. The number of rotatable bonds is 4. The quantitative estimate of drug-likeness (QED) is 0.630. The summed E-state index contributed by atoms with van der Waals surface area (Å²) in [4.78, 5) is 9.59. The molecule has 0 saturated heterocycles. The van der Waals surface area contributed by atoms with E-state index < -0.39 is 26.4 Å². The molecule has 1 aliphatic carbocycles.